The molecule has 1 aliphatic rings. The minimum atomic E-state index is 0.108. The second-order valence-electron chi connectivity index (χ2n) is 2.13. The molecule has 4 heteroatoms. The lowest BCUT2D eigenvalue weighted by molar-refractivity contribution is 0.105. The van der Waals surface area contributed by atoms with Crippen LogP contribution < -0.4 is 0 Å². The van der Waals surface area contributed by atoms with E-state index in [-0.39, 0.29) is 5.78 Å². The van der Waals surface area contributed by atoms with Gasteiger partial charge < -0.3 is 0 Å². The predicted octanol–water partition coefficient (Wildman–Crippen LogP) is 3.48. The molecule has 11 heavy (non-hydrogen) atoms. The summed E-state index contributed by atoms with van der Waals surface area (Å²) in [6, 6.07) is 0. The molecule has 1 aromatic rings. The summed E-state index contributed by atoms with van der Waals surface area (Å²) in [6.07, 6.45) is 3.43. The Balaban J connectivity index is 2.75. The van der Waals surface area contributed by atoms with Crippen LogP contribution in [0.3, 0.4) is 0 Å². The fourth-order valence-electron chi connectivity index (χ4n) is 0.962. The number of hydrogen-bond acceptors (Lipinski definition) is 2. The first-order valence-electron chi connectivity index (χ1n) is 2.90. The lowest BCUT2D eigenvalue weighted by Gasteiger charge is -1.84. The van der Waals surface area contributed by atoms with Gasteiger partial charge in [0.25, 0.3) is 0 Å². The molecule has 1 aromatic heterocycles. The van der Waals surface area contributed by atoms with Gasteiger partial charge in [0.1, 0.15) is 0 Å². The van der Waals surface area contributed by atoms with Crippen molar-refractivity contribution in [3.63, 3.8) is 0 Å². The summed E-state index contributed by atoms with van der Waals surface area (Å²) in [5, 5.41) is 0. The van der Waals surface area contributed by atoms with E-state index in [1.165, 1.54) is 11.3 Å². The van der Waals surface area contributed by atoms with Gasteiger partial charge in [-0.15, -0.1) is 11.3 Å². The average Bonchev–Trinajstić information content (AvgIpc) is 2.43. The topological polar surface area (TPSA) is 17.1 Å². The standard InChI is InChI=1S/C7H2Br2OS/c8-5-3-1-2-4(10)6(3)11-7(5)9/h1-2H. The second kappa shape index (κ2) is 2.54. The van der Waals surface area contributed by atoms with Crippen LogP contribution in [0, 0.1) is 0 Å². The number of thiophene rings is 1. The van der Waals surface area contributed by atoms with Crippen LogP contribution in [-0.2, 0) is 0 Å². The molecule has 0 unspecified atom stereocenters. The summed E-state index contributed by atoms with van der Waals surface area (Å²) in [4.78, 5) is 11.9. The van der Waals surface area contributed by atoms with E-state index in [0.717, 1.165) is 18.7 Å². The van der Waals surface area contributed by atoms with Gasteiger partial charge in [0.05, 0.1) is 13.1 Å². The van der Waals surface area contributed by atoms with E-state index in [2.05, 4.69) is 31.9 Å². The fourth-order valence-corrected chi connectivity index (χ4v) is 3.19. The van der Waals surface area contributed by atoms with Crippen molar-refractivity contribution in [2.75, 3.05) is 0 Å². The number of hydrogen-bond donors (Lipinski definition) is 0. The molecule has 1 nitrogen and oxygen atoms in total. The second-order valence-corrected chi connectivity index (χ2v) is 5.26. The quantitative estimate of drug-likeness (QED) is 0.716. The predicted molar refractivity (Wildman–Crippen MR) is 53.1 cm³/mol. The summed E-state index contributed by atoms with van der Waals surface area (Å²) in [5.74, 6) is 0.108. The van der Waals surface area contributed by atoms with Gasteiger partial charge in [-0.1, -0.05) is 0 Å². The van der Waals surface area contributed by atoms with Gasteiger partial charge in [-0.25, -0.2) is 0 Å². The van der Waals surface area contributed by atoms with Crippen LogP contribution in [0.15, 0.2) is 14.3 Å². The van der Waals surface area contributed by atoms with Crippen molar-refractivity contribution >= 4 is 55.1 Å². The third-order valence-corrected chi connectivity index (χ3v) is 4.98. The number of rotatable bonds is 0. The number of fused-ring (bicyclic) bond motifs is 1. The molecule has 1 aliphatic carbocycles. The first kappa shape index (κ1) is 7.71. The summed E-state index contributed by atoms with van der Waals surface area (Å²) < 4.78 is 1.97. The van der Waals surface area contributed by atoms with Crippen LogP contribution in [0.1, 0.15) is 15.2 Å². The molecular weight excluding hydrogens is 292 g/mol. The van der Waals surface area contributed by atoms with Gasteiger partial charge in [-0.2, -0.15) is 0 Å². The molecule has 0 amide bonds. The maximum atomic E-state index is 11.1. The SMILES string of the molecule is O=C1C=Cc2c1sc(Br)c2Br. The van der Waals surface area contributed by atoms with Gasteiger partial charge >= 0.3 is 0 Å². The van der Waals surface area contributed by atoms with E-state index in [4.69, 9.17) is 0 Å². The maximum absolute atomic E-state index is 11.1. The van der Waals surface area contributed by atoms with E-state index < -0.39 is 0 Å². The lowest BCUT2D eigenvalue weighted by Crippen LogP contribution is -1.83. The van der Waals surface area contributed by atoms with Gasteiger partial charge in [-0.3, -0.25) is 4.79 Å². The molecule has 0 saturated carbocycles. The molecule has 0 aliphatic heterocycles. The Bertz CT molecular complexity index is 365. The number of carbonyl (C=O) groups excluding carboxylic acids is 1. The Morgan fingerprint density at radius 2 is 2.00 bits per heavy atom. The van der Waals surface area contributed by atoms with E-state index in [0.29, 0.717) is 0 Å². The minimum absolute atomic E-state index is 0.108. The zero-order valence-corrected chi connectivity index (χ0v) is 9.22. The monoisotopic (exact) mass is 292 g/mol. The highest BCUT2D eigenvalue weighted by Gasteiger charge is 2.21. The van der Waals surface area contributed by atoms with Crippen molar-refractivity contribution in [1.29, 1.82) is 0 Å². The molecule has 0 fully saturated rings. The Morgan fingerprint density at radius 1 is 1.27 bits per heavy atom. The van der Waals surface area contributed by atoms with Crippen molar-refractivity contribution in [1.82, 2.24) is 0 Å². The highest BCUT2D eigenvalue weighted by Crippen LogP contribution is 2.40. The zero-order chi connectivity index (χ0) is 8.01. The zero-order valence-electron chi connectivity index (χ0n) is 5.23. The molecular formula is C7H2Br2OS. The van der Waals surface area contributed by atoms with Crippen molar-refractivity contribution in [3.05, 3.63) is 24.8 Å². The maximum Gasteiger partial charge on any atom is 0.196 e. The third kappa shape index (κ3) is 1.04. The van der Waals surface area contributed by atoms with Crippen LogP contribution in [0.2, 0.25) is 0 Å². The molecule has 56 valence electrons. The molecule has 0 radical (unpaired) electrons. The number of halogens is 2. The van der Waals surface area contributed by atoms with Crippen molar-refractivity contribution in [3.8, 4) is 0 Å². The Hall–Kier alpha value is 0.0700. The van der Waals surface area contributed by atoms with E-state index in [9.17, 15) is 4.79 Å². The summed E-state index contributed by atoms with van der Waals surface area (Å²) in [5.41, 5.74) is 1.01. The first-order chi connectivity index (χ1) is 5.20. The fraction of sp³-hybridized carbons (Fsp3) is 0. The average molecular weight is 294 g/mol. The van der Waals surface area contributed by atoms with Crippen LogP contribution in [-0.4, -0.2) is 5.78 Å². The summed E-state index contributed by atoms with van der Waals surface area (Å²) in [6.45, 7) is 0. The molecule has 1 heterocycles. The minimum Gasteiger partial charge on any atom is -0.288 e. The normalized spacial score (nSPS) is 14.2. The number of carbonyl (C=O) groups is 1. The van der Waals surface area contributed by atoms with E-state index in [1.54, 1.807) is 6.08 Å². The number of ketones is 1. The summed E-state index contributed by atoms with van der Waals surface area (Å²) in [7, 11) is 0. The molecule has 2 rings (SSSR count). The third-order valence-electron chi connectivity index (χ3n) is 1.47. The van der Waals surface area contributed by atoms with Gasteiger partial charge in [0, 0.05) is 5.56 Å². The highest BCUT2D eigenvalue weighted by molar-refractivity contribution is 9.13. The Morgan fingerprint density at radius 3 is 2.64 bits per heavy atom. The van der Waals surface area contributed by atoms with E-state index >= 15 is 0 Å². The Kier molecular flexibility index (Phi) is 1.78. The molecule has 0 spiro atoms. The van der Waals surface area contributed by atoms with Gasteiger partial charge in [0.15, 0.2) is 5.78 Å². The molecule has 0 bridgehead atoms. The first-order valence-corrected chi connectivity index (χ1v) is 5.30. The molecule has 0 atom stereocenters. The van der Waals surface area contributed by atoms with Crippen LogP contribution in [0.25, 0.3) is 6.08 Å². The van der Waals surface area contributed by atoms with Gasteiger partial charge in [0.2, 0.25) is 0 Å². The smallest absolute Gasteiger partial charge is 0.196 e. The van der Waals surface area contributed by atoms with Crippen LogP contribution >= 0.6 is 43.2 Å². The molecule has 0 aromatic carbocycles. The molecule has 0 saturated heterocycles. The molecule has 0 N–H and O–H groups in total. The van der Waals surface area contributed by atoms with Crippen molar-refractivity contribution < 1.29 is 4.79 Å². The van der Waals surface area contributed by atoms with Crippen molar-refractivity contribution in [2.24, 2.45) is 0 Å². The van der Waals surface area contributed by atoms with Crippen LogP contribution in [0.5, 0.6) is 0 Å². The largest absolute Gasteiger partial charge is 0.288 e. The lowest BCUT2D eigenvalue weighted by atomic mass is 10.3. The van der Waals surface area contributed by atoms with Crippen LogP contribution in [0.4, 0.5) is 0 Å². The van der Waals surface area contributed by atoms with Gasteiger partial charge in [-0.05, 0) is 44.0 Å². The Labute approximate surface area is 84.4 Å². The number of allylic oxidation sites excluding steroid dienone is 1. The highest BCUT2D eigenvalue weighted by atomic mass is 79.9. The van der Waals surface area contributed by atoms with E-state index in [1.807, 2.05) is 6.08 Å². The summed E-state index contributed by atoms with van der Waals surface area (Å²) >= 11 is 8.21. The van der Waals surface area contributed by atoms with Crippen molar-refractivity contribution in [2.45, 2.75) is 0 Å².